The Morgan fingerprint density at radius 3 is 2.43 bits per heavy atom. The van der Waals surface area contributed by atoms with Crippen LogP contribution in [0.4, 0.5) is 0 Å². The Bertz CT molecular complexity index is 848. The standard InChI is InChI=1S/C27H43N3O4S/c1-8-11-18(6)29(15-10-3)26(34)23-27-13-12-20(35-27)21(24(32)28(7)14-9-2)22(27)25(33)30(23)19(16-31)17(4)5/h9-10,17-23,31H,2-3,8,11-16H2,1,4-7H3/t18?,19-,20-,21+,22-,23?,27?/m0/s1. The van der Waals surface area contributed by atoms with Crippen LogP contribution in [-0.2, 0) is 14.4 Å². The molecule has 1 spiro atoms. The molecule has 3 amide bonds. The second-order valence-corrected chi connectivity index (χ2v) is 12.3. The molecule has 0 aromatic heterocycles. The molecule has 0 radical (unpaired) electrons. The molecule has 0 aromatic rings. The van der Waals surface area contributed by atoms with E-state index in [1.54, 1.807) is 40.8 Å². The van der Waals surface area contributed by atoms with E-state index in [-0.39, 0.29) is 41.5 Å². The Balaban J connectivity index is 2.11. The van der Waals surface area contributed by atoms with E-state index in [4.69, 9.17) is 0 Å². The fourth-order valence-electron chi connectivity index (χ4n) is 6.52. The zero-order valence-electron chi connectivity index (χ0n) is 22.0. The number of likely N-dealkylation sites (tertiary alicyclic amines) is 1. The van der Waals surface area contributed by atoms with Crippen molar-refractivity contribution in [2.75, 3.05) is 26.7 Å². The highest BCUT2D eigenvalue weighted by Gasteiger charge is 2.74. The van der Waals surface area contributed by atoms with Gasteiger partial charge in [-0.05, 0) is 32.1 Å². The van der Waals surface area contributed by atoms with Gasteiger partial charge in [0.05, 0.1) is 29.2 Å². The number of likely N-dealkylation sites (N-methyl/N-ethyl adjacent to an activating group) is 1. The van der Waals surface area contributed by atoms with Crippen molar-refractivity contribution in [1.29, 1.82) is 0 Å². The summed E-state index contributed by atoms with van der Waals surface area (Å²) in [6.07, 6.45) is 6.75. The second kappa shape index (κ2) is 11.1. The fraction of sp³-hybridized carbons (Fsp3) is 0.741. The first kappa shape index (κ1) is 27.8. The van der Waals surface area contributed by atoms with Crippen LogP contribution in [0.15, 0.2) is 25.3 Å². The lowest BCUT2D eigenvalue weighted by Gasteiger charge is -2.42. The lowest BCUT2D eigenvalue weighted by molar-refractivity contribution is -0.148. The van der Waals surface area contributed by atoms with Gasteiger partial charge in [0.2, 0.25) is 17.7 Å². The summed E-state index contributed by atoms with van der Waals surface area (Å²) in [5.74, 6) is -1.34. The molecule has 7 nitrogen and oxygen atoms in total. The van der Waals surface area contributed by atoms with Gasteiger partial charge in [0.15, 0.2) is 0 Å². The van der Waals surface area contributed by atoms with Gasteiger partial charge in [0, 0.05) is 31.4 Å². The summed E-state index contributed by atoms with van der Waals surface area (Å²) < 4.78 is -0.651. The summed E-state index contributed by atoms with van der Waals surface area (Å²) >= 11 is 1.67. The smallest absolute Gasteiger partial charge is 0.247 e. The summed E-state index contributed by atoms with van der Waals surface area (Å²) in [5, 5.41) is 10.4. The van der Waals surface area contributed by atoms with Crippen molar-refractivity contribution in [3.8, 4) is 0 Å². The predicted octanol–water partition coefficient (Wildman–Crippen LogP) is 2.94. The average molecular weight is 506 g/mol. The third kappa shape index (κ3) is 4.57. The van der Waals surface area contributed by atoms with Crippen LogP contribution >= 0.6 is 11.8 Å². The third-order valence-corrected chi connectivity index (χ3v) is 10.1. The molecule has 0 aromatic carbocycles. The van der Waals surface area contributed by atoms with Gasteiger partial charge < -0.3 is 19.8 Å². The van der Waals surface area contributed by atoms with Gasteiger partial charge in [-0.3, -0.25) is 14.4 Å². The predicted molar refractivity (Wildman–Crippen MR) is 141 cm³/mol. The van der Waals surface area contributed by atoms with Gasteiger partial charge in [-0.15, -0.1) is 24.9 Å². The molecule has 1 N–H and O–H groups in total. The zero-order valence-corrected chi connectivity index (χ0v) is 22.8. The molecule has 3 aliphatic rings. The van der Waals surface area contributed by atoms with Crippen LogP contribution in [0.25, 0.3) is 0 Å². The van der Waals surface area contributed by atoms with E-state index in [1.807, 2.05) is 25.7 Å². The monoisotopic (exact) mass is 505 g/mol. The van der Waals surface area contributed by atoms with E-state index in [0.29, 0.717) is 13.1 Å². The fourth-order valence-corrected chi connectivity index (χ4v) is 8.72. The van der Waals surface area contributed by atoms with E-state index in [0.717, 1.165) is 25.7 Å². The summed E-state index contributed by atoms with van der Waals surface area (Å²) in [7, 11) is 1.75. The Morgan fingerprint density at radius 1 is 1.23 bits per heavy atom. The van der Waals surface area contributed by atoms with Crippen LogP contribution in [0.1, 0.15) is 53.4 Å². The number of hydrogen-bond donors (Lipinski definition) is 1. The lowest BCUT2D eigenvalue weighted by atomic mass is 9.70. The largest absolute Gasteiger partial charge is 0.394 e. The minimum absolute atomic E-state index is 0.00397. The number of fused-ring (bicyclic) bond motifs is 1. The molecule has 3 aliphatic heterocycles. The summed E-state index contributed by atoms with van der Waals surface area (Å²) in [4.78, 5) is 47.2. The van der Waals surface area contributed by atoms with Crippen LogP contribution in [-0.4, -0.2) is 92.4 Å². The van der Waals surface area contributed by atoms with E-state index in [1.165, 1.54) is 0 Å². The first-order valence-electron chi connectivity index (χ1n) is 13.0. The maximum atomic E-state index is 14.4. The molecule has 3 heterocycles. The molecule has 3 saturated heterocycles. The van der Waals surface area contributed by atoms with E-state index < -0.39 is 28.7 Å². The highest BCUT2D eigenvalue weighted by atomic mass is 32.2. The van der Waals surface area contributed by atoms with Crippen LogP contribution in [0.3, 0.4) is 0 Å². The third-order valence-electron chi connectivity index (χ3n) is 8.20. The van der Waals surface area contributed by atoms with Gasteiger partial charge in [0.25, 0.3) is 0 Å². The van der Waals surface area contributed by atoms with Crippen molar-refractivity contribution < 1.29 is 19.5 Å². The molecule has 196 valence electrons. The van der Waals surface area contributed by atoms with Crippen LogP contribution in [0.2, 0.25) is 0 Å². The van der Waals surface area contributed by atoms with Crippen molar-refractivity contribution in [3.63, 3.8) is 0 Å². The highest BCUT2D eigenvalue weighted by Crippen LogP contribution is 2.67. The number of hydrogen-bond acceptors (Lipinski definition) is 5. The summed E-state index contributed by atoms with van der Waals surface area (Å²) in [6, 6.07) is -1.18. The quantitative estimate of drug-likeness (QED) is 0.413. The minimum Gasteiger partial charge on any atom is -0.394 e. The molecule has 3 rings (SSSR count). The summed E-state index contributed by atoms with van der Waals surface area (Å²) in [6.45, 7) is 16.3. The molecule has 35 heavy (non-hydrogen) atoms. The van der Waals surface area contributed by atoms with Gasteiger partial charge in [-0.1, -0.05) is 39.3 Å². The lowest BCUT2D eigenvalue weighted by Crippen LogP contribution is -2.59. The van der Waals surface area contributed by atoms with E-state index >= 15 is 0 Å². The molecular weight excluding hydrogens is 462 g/mol. The Hall–Kier alpha value is -1.80. The number of carbonyl (C=O) groups is 3. The SMILES string of the molecule is C=CCN(C)C(=O)[C@@H]1[C@@H]2CCC3(S2)C(C(=O)N(CC=C)C(C)CCC)N([C@@H](CO)C(C)C)C(=O)[C@H]13. The van der Waals surface area contributed by atoms with Crippen molar-refractivity contribution in [2.45, 2.75) is 81.5 Å². The Labute approximate surface area is 215 Å². The number of thioether (sulfide) groups is 1. The van der Waals surface area contributed by atoms with Crippen LogP contribution in [0.5, 0.6) is 0 Å². The molecule has 2 bridgehead atoms. The van der Waals surface area contributed by atoms with Crippen LogP contribution in [0, 0.1) is 17.8 Å². The minimum atomic E-state index is -0.698. The summed E-state index contributed by atoms with van der Waals surface area (Å²) in [5.41, 5.74) is 0. The highest BCUT2D eigenvalue weighted by molar-refractivity contribution is 8.02. The van der Waals surface area contributed by atoms with Crippen molar-refractivity contribution in [3.05, 3.63) is 25.3 Å². The number of aliphatic hydroxyl groups excluding tert-OH is 1. The number of nitrogens with zero attached hydrogens (tertiary/aromatic N) is 3. The van der Waals surface area contributed by atoms with Crippen molar-refractivity contribution >= 4 is 29.5 Å². The molecular formula is C27H43N3O4S. The van der Waals surface area contributed by atoms with Gasteiger partial charge in [-0.2, -0.15) is 0 Å². The number of aliphatic hydroxyl groups is 1. The molecule has 0 saturated carbocycles. The molecule has 0 aliphatic carbocycles. The van der Waals surface area contributed by atoms with Crippen LogP contribution < -0.4 is 0 Å². The first-order valence-corrected chi connectivity index (χ1v) is 13.9. The first-order chi connectivity index (χ1) is 16.6. The molecule has 3 fully saturated rings. The number of carbonyl (C=O) groups excluding carboxylic acids is 3. The van der Waals surface area contributed by atoms with Gasteiger partial charge in [0.1, 0.15) is 6.04 Å². The van der Waals surface area contributed by atoms with Crippen molar-refractivity contribution in [1.82, 2.24) is 14.7 Å². The Kier molecular flexibility index (Phi) is 8.79. The maximum absolute atomic E-state index is 14.4. The van der Waals surface area contributed by atoms with E-state index in [2.05, 4.69) is 20.1 Å². The van der Waals surface area contributed by atoms with Gasteiger partial charge >= 0.3 is 0 Å². The Morgan fingerprint density at radius 2 is 1.89 bits per heavy atom. The molecule has 8 heteroatoms. The van der Waals surface area contributed by atoms with Gasteiger partial charge in [-0.25, -0.2) is 0 Å². The zero-order chi connectivity index (χ0) is 26.1. The molecule has 7 atom stereocenters. The number of rotatable bonds is 12. The topological polar surface area (TPSA) is 81.2 Å². The molecule has 3 unspecified atom stereocenters. The normalized spacial score (nSPS) is 30.8. The van der Waals surface area contributed by atoms with E-state index in [9.17, 15) is 19.5 Å². The average Bonchev–Trinajstić information content (AvgIpc) is 3.45. The second-order valence-electron chi connectivity index (χ2n) is 10.7. The van der Waals surface area contributed by atoms with Crippen molar-refractivity contribution in [2.24, 2.45) is 17.8 Å². The maximum Gasteiger partial charge on any atom is 0.247 e. The number of amides is 3.